The van der Waals surface area contributed by atoms with Gasteiger partial charge in [-0.1, -0.05) is 35.4 Å². The third-order valence-electron chi connectivity index (χ3n) is 3.30. The molecule has 0 unspecified atom stereocenters. The second-order valence-electron chi connectivity index (χ2n) is 4.97. The maximum atomic E-state index is 14.0. The Morgan fingerprint density at radius 3 is 2.68 bits per heavy atom. The largest absolute Gasteiger partial charge is 0.409 e. The van der Waals surface area contributed by atoms with Crippen molar-refractivity contribution in [3.05, 3.63) is 63.2 Å². The maximum Gasteiger partial charge on any atom is 0.292 e. The smallest absolute Gasteiger partial charge is 0.292 e. The topological polar surface area (TPSA) is 31.0 Å². The lowest BCUT2D eigenvalue weighted by atomic mass is 10.1. The number of benzene rings is 2. The van der Waals surface area contributed by atoms with Gasteiger partial charge in [0.2, 0.25) is 0 Å². The molecular formula is C16H12ClFN2OS. The van der Waals surface area contributed by atoms with E-state index in [2.05, 4.69) is 5.10 Å². The van der Waals surface area contributed by atoms with Gasteiger partial charge in [0, 0.05) is 0 Å². The number of rotatable bonds is 2. The average Bonchev–Trinajstić information content (AvgIpc) is 2.80. The summed E-state index contributed by atoms with van der Waals surface area (Å²) in [6.45, 7) is 3.96. The Labute approximate surface area is 137 Å². The van der Waals surface area contributed by atoms with Gasteiger partial charge < -0.3 is 4.42 Å². The standard InChI is InChI=1S/C16H12ClFN2OS/c1-9-6-7-13(10(2)8-9)20-16(22)21-15(19-20)14-11(17)4-3-5-12(14)18/h3-8H,1-2H3. The van der Waals surface area contributed by atoms with Crippen LogP contribution in [0.3, 0.4) is 0 Å². The Kier molecular flexibility index (Phi) is 3.85. The molecule has 0 N–H and O–H groups in total. The SMILES string of the molecule is Cc1ccc(-n2nc(-c3c(F)cccc3Cl)oc2=S)c(C)c1. The molecule has 1 aromatic heterocycles. The van der Waals surface area contributed by atoms with E-state index in [1.165, 1.54) is 16.8 Å². The Bertz CT molecular complexity index is 896. The molecular weight excluding hydrogens is 323 g/mol. The van der Waals surface area contributed by atoms with Gasteiger partial charge in [0.05, 0.1) is 16.3 Å². The summed E-state index contributed by atoms with van der Waals surface area (Å²) in [6, 6.07) is 10.3. The molecule has 0 saturated carbocycles. The molecule has 1 heterocycles. The first-order valence-electron chi connectivity index (χ1n) is 6.59. The summed E-state index contributed by atoms with van der Waals surface area (Å²) in [5.41, 5.74) is 3.03. The molecule has 0 atom stereocenters. The molecule has 112 valence electrons. The van der Waals surface area contributed by atoms with Gasteiger partial charge in [0.1, 0.15) is 5.82 Å². The molecule has 6 heteroatoms. The monoisotopic (exact) mass is 334 g/mol. The van der Waals surface area contributed by atoms with Crippen LogP contribution in [-0.4, -0.2) is 9.78 Å². The molecule has 0 aliphatic rings. The third kappa shape index (κ3) is 2.58. The fourth-order valence-electron chi connectivity index (χ4n) is 2.28. The van der Waals surface area contributed by atoms with Crippen molar-refractivity contribution in [1.29, 1.82) is 0 Å². The van der Waals surface area contributed by atoms with E-state index in [1.807, 2.05) is 32.0 Å². The minimum absolute atomic E-state index is 0.0630. The van der Waals surface area contributed by atoms with E-state index in [1.54, 1.807) is 6.07 Å². The van der Waals surface area contributed by atoms with Crippen LogP contribution in [0.15, 0.2) is 40.8 Å². The van der Waals surface area contributed by atoms with Crippen LogP contribution in [0.2, 0.25) is 5.02 Å². The van der Waals surface area contributed by atoms with Crippen LogP contribution < -0.4 is 0 Å². The van der Waals surface area contributed by atoms with Gasteiger partial charge in [-0.15, -0.1) is 5.10 Å². The van der Waals surface area contributed by atoms with Crippen LogP contribution in [-0.2, 0) is 0 Å². The maximum absolute atomic E-state index is 14.0. The summed E-state index contributed by atoms with van der Waals surface area (Å²) in [7, 11) is 0. The van der Waals surface area contributed by atoms with Crippen LogP contribution in [0.4, 0.5) is 4.39 Å². The van der Waals surface area contributed by atoms with Crippen LogP contribution in [0.25, 0.3) is 17.1 Å². The molecule has 2 aromatic carbocycles. The molecule has 0 aliphatic heterocycles. The van der Waals surface area contributed by atoms with Crippen molar-refractivity contribution in [1.82, 2.24) is 9.78 Å². The highest BCUT2D eigenvalue weighted by Gasteiger charge is 2.17. The van der Waals surface area contributed by atoms with E-state index in [-0.39, 0.29) is 21.3 Å². The summed E-state index contributed by atoms with van der Waals surface area (Å²) in [5, 5.41) is 4.51. The average molecular weight is 335 g/mol. The number of nitrogens with zero attached hydrogens (tertiary/aromatic N) is 2. The van der Waals surface area contributed by atoms with Gasteiger partial charge in [-0.05, 0) is 49.8 Å². The van der Waals surface area contributed by atoms with E-state index >= 15 is 0 Å². The third-order valence-corrected chi connectivity index (χ3v) is 3.88. The van der Waals surface area contributed by atoms with Gasteiger partial charge in [-0.25, -0.2) is 4.39 Å². The molecule has 3 aromatic rings. The first-order chi connectivity index (χ1) is 10.5. The van der Waals surface area contributed by atoms with Crippen molar-refractivity contribution in [2.45, 2.75) is 13.8 Å². The first kappa shape index (κ1) is 14.9. The summed E-state index contributed by atoms with van der Waals surface area (Å²) in [5.74, 6) is -0.440. The highest BCUT2D eigenvalue weighted by atomic mass is 35.5. The van der Waals surface area contributed by atoms with Crippen molar-refractivity contribution in [2.24, 2.45) is 0 Å². The highest BCUT2D eigenvalue weighted by Crippen LogP contribution is 2.30. The number of aryl methyl sites for hydroxylation is 2. The molecule has 0 saturated heterocycles. The second-order valence-corrected chi connectivity index (χ2v) is 5.73. The van der Waals surface area contributed by atoms with Gasteiger partial charge in [0.25, 0.3) is 10.7 Å². The quantitative estimate of drug-likeness (QED) is 0.598. The fourth-order valence-corrected chi connectivity index (χ4v) is 2.74. The summed E-state index contributed by atoms with van der Waals surface area (Å²) in [4.78, 5) is 0.140. The zero-order valence-corrected chi connectivity index (χ0v) is 13.5. The van der Waals surface area contributed by atoms with E-state index in [9.17, 15) is 4.39 Å². The van der Waals surface area contributed by atoms with Crippen molar-refractivity contribution >= 4 is 23.8 Å². The van der Waals surface area contributed by atoms with Crippen LogP contribution >= 0.6 is 23.8 Å². The van der Waals surface area contributed by atoms with Crippen molar-refractivity contribution in [2.75, 3.05) is 0 Å². The molecule has 0 bridgehead atoms. The molecule has 0 fully saturated rings. The Balaban J connectivity index is 2.18. The molecule has 0 amide bonds. The van der Waals surface area contributed by atoms with Crippen molar-refractivity contribution in [3.8, 4) is 17.1 Å². The lowest BCUT2D eigenvalue weighted by molar-refractivity contribution is 0.536. The second kappa shape index (κ2) is 5.66. The number of aromatic nitrogens is 2. The lowest BCUT2D eigenvalue weighted by Crippen LogP contribution is -2.00. The summed E-state index contributed by atoms with van der Waals surface area (Å²) >= 11 is 11.2. The first-order valence-corrected chi connectivity index (χ1v) is 7.38. The molecule has 3 rings (SSSR count). The zero-order chi connectivity index (χ0) is 15.9. The summed E-state index contributed by atoms with van der Waals surface area (Å²) < 4.78 is 20.9. The zero-order valence-electron chi connectivity index (χ0n) is 11.9. The van der Waals surface area contributed by atoms with E-state index in [0.29, 0.717) is 0 Å². The number of halogens is 2. The molecule has 22 heavy (non-hydrogen) atoms. The molecule has 3 nitrogen and oxygen atoms in total. The molecule has 0 aliphatic carbocycles. The highest BCUT2D eigenvalue weighted by molar-refractivity contribution is 7.71. The molecule has 0 radical (unpaired) electrons. The van der Waals surface area contributed by atoms with Crippen molar-refractivity contribution in [3.63, 3.8) is 0 Å². The lowest BCUT2D eigenvalue weighted by Gasteiger charge is -2.05. The fraction of sp³-hybridized carbons (Fsp3) is 0.125. The van der Waals surface area contributed by atoms with Crippen LogP contribution in [0, 0.1) is 24.5 Å². The van der Waals surface area contributed by atoms with Gasteiger partial charge in [0.15, 0.2) is 0 Å². The minimum atomic E-state index is -0.503. The van der Waals surface area contributed by atoms with Crippen LogP contribution in [0.1, 0.15) is 11.1 Å². The number of hydrogen-bond donors (Lipinski definition) is 0. The van der Waals surface area contributed by atoms with E-state index < -0.39 is 5.82 Å². The molecule has 0 spiro atoms. The predicted octanol–water partition coefficient (Wildman–Crippen LogP) is 5.27. The normalized spacial score (nSPS) is 10.9. The van der Waals surface area contributed by atoms with Gasteiger partial charge in [-0.3, -0.25) is 0 Å². The number of hydrogen-bond acceptors (Lipinski definition) is 3. The summed E-state index contributed by atoms with van der Waals surface area (Å²) in [6.07, 6.45) is 0. The van der Waals surface area contributed by atoms with Gasteiger partial charge in [-0.2, -0.15) is 4.68 Å². The van der Waals surface area contributed by atoms with E-state index in [0.717, 1.165) is 16.8 Å². The van der Waals surface area contributed by atoms with E-state index in [4.69, 9.17) is 28.2 Å². The Hall–Kier alpha value is -1.98. The Morgan fingerprint density at radius 2 is 2.00 bits per heavy atom. The van der Waals surface area contributed by atoms with Crippen LogP contribution in [0.5, 0.6) is 0 Å². The minimum Gasteiger partial charge on any atom is -0.409 e. The predicted molar refractivity (Wildman–Crippen MR) is 86.5 cm³/mol. The Morgan fingerprint density at radius 1 is 1.23 bits per heavy atom. The van der Waals surface area contributed by atoms with Gasteiger partial charge >= 0.3 is 0 Å². The van der Waals surface area contributed by atoms with Crippen molar-refractivity contribution < 1.29 is 8.81 Å².